The van der Waals surface area contributed by atoms with Crippen LogP contribution < -0.4 is 16.0 Å². The van der Waals surface area contributed by atoms with Crippen LogP contribution in [0.2, 0.25) is 0 Å². The van der Waals surface area contributed by atoms with Crippen LogP contribution in [0.4, 0.5) is 0 Å². The average molecular weight is 292 g/mol. The number of ether oxygens (including phenoxy) is 1. The lowest BCUT2D eigenvalue weighted by Crippen LogP contribution is -2.30. The van der Waals surface area contributed by atoms with Crippen molar-refractivity contribution in [2.75, 3.05) is 0 Å². The van der Waals surface area contributed by atoms with E-state index in [1.807, 2.05) is 42.5 Å². The number of hydrogen-bond donors (Lipinski definition) is 2. The van der Waals surface area contributed by atoms with E-state index in [0.717, 1.165) is 16.7 Å². The molecule has 4 heteroatoms. The summed E-state index contributed by atoms with van der Waals surface area (Å²) in [5.41, 5.74) is 3.55. The third kappa shape index (κ3) is 3.07. The highest BCUT2D eigenvalue weighted by Crippen LogP contribution is 2.21. The summed E-state index contributed by atoms with van der Waals surface area (Å²) in [6.45, 7) is 0.393. The van der Waals surface area contributed by atoms with Crippen LogP contribution >= 0.6 is 0 Å². The Morgan fingerprint density at radius 1 is 0.955 bits per heavy atom. The van der Waals surface area contributed by atoms with E-state index in [4.69, 9.17) is 10.6 Å². The van der Waals surface area contributed by atoms with Crippen LogP contribution in [-0.2, 0) is 6.61 Å². The lowest BCUT2D eigenvalue weighted by atomic mass is 10.1. The van der Waals surface area contributed by atoms with Crippen molar-refractivity contribution in [2.45, 2.75) is 6.61 Å². The smallest absolute Gasteiger partial charge is 0.265 e. The van der Waals surface area contributed by atoms with E-state index in [2.05, 4.69) is 17.6 Å². The molecule has 3 rings (SSSR count). The minimum absolute atomic E-state index is 0.312. The fourth-order valence-corrected chi connectivity index (χ4v) is 2.31. The Balaban J connectivity index is 1.75. The second-order valence-corrected chi connectivity index (χ2v) is 4.97. The molecule has 3 N–H and O–H groups in total. The van der Waals surface area contributed by atoms with E-state index in [1.165, 1.54) is 5.39 Å². The summed E-state index contributed by atoms with van der Waals surface area (Å²) in [6.07, 6.45) is 0. The zero-order valence-corrected chi connectivity index (χ0v) is 12.0. The van der Waals surface area contributed by atoms with Gasteiger partial charge in [-0.1, -0.05) is 42.5 Å². The van der Waals surface area contributed by atoms with Crippen LogP contribution in [0, 0.1) is 0 Å². The molecule has 0 fully saturated rings. The zero-order chi connectivity index (χ0) is 15.4. The third-order valence-electron chi connectivity index (χ3n) is 3.45. The SMILES string of the molecule is NNC(=O)c1cccc(COc2ccc3ccccc3c2)c1. The molecule has 0 aromatic heterocycles. The Labute approximate surface area is 128 Å². The van der Waals surface area contributed by atoms with Gasteiger partial charge in [0, 0.05) is 5.56 Å². The van der Waals surface area contributed by atoms with Gasteiger partial charge in [-0.2, -0.15) is 0 Å². The lowest BCUT2D eigenvalue weighted by molar-refractivity contribution is 0.0953. The second kappa shape index (κ2) is 6.28. The summed E-state index contributed by atoms with van der Waals surface area (Å²) in [7, 11) is 0. The largest absolute Gasteiger partial charge is 0.489 e. The maximum absolute atomic E-state index is 11.5. The molecule has 0 bridgehead atoms. The zero-order valence-electron chi connectivity index (χ0n) is 12.0. The monoisotopic (exact) mass is 292 g/mol. The first-order chi connectivity index (χ1) is 10.8. The fourth-order valence-electron chi connectivity index (χ4n) is 2.31. The molecule has 0 unspecified atom stereocenters. The highest BCUT2D eigenvalue weighted by molar-refractivity contribution is 5.93. The van der Waals surface area contributed by atoms with Crippen molar-refractivity contribution in [1.29, 1.82) is 0 Å². The normalized spacial score (nSPS) is 10.4. The first-order valence-corrected chi connectivity index (χ1v) is 6.98. The molecule has 110 valence electrons. The molecule has 0 aliphatic heterocycles. The molecule has 0 aliphatic rings. The first-order valence-electron chi connectivity index (χ1n) is 6.98. The van der Waals surface area contributed by atoms with Gasteiger partial charge in [-0.15, -0.1) is 0 Å². The molecule has 0 radical (unpaired) electrons. The summed E-state index contributed by atoms with van der Waals surface area (Å²) in [5.74, 6) is 5.63. The van der Waals surface area contributed by atoms with Crippen molar-refractivity contribution >= 4 is 16.7 Å². The van der Waals surface area contributed by atoms with Crippen molar-refractivity contribution < 1.29 is 9.53 Å². The van der Waals surface area contributed by atoms with Gasteiger partial charge in [0.05, 0.1) is 0 Å². The molecule has 0 aliphatic carbocycles. The predicted octanol–water partition coefficient (Wildman–Crippen LogP) is 3.02. The maximum atomic E-state index is 11.5. The lowest BCUT2D eigenvalue weighted by Gasteiger charge is -2.08. The van der Waals surface area contributed by atoms with Gasteiger partial charge in [-0.25, -0.2) is 5.84 Å². The summed E-state index contributed by atoms with van der Waals surface area (Å²) in [6, 6.07) is 21.3. The van der Waals surface area contributed by atoms with E-state index in [9.17, 15) is 4.79 Å². The number of hydrogen-bond acceptors (Lipinski definition) is 3. The number of nitrogens with two attached hydrogens (primary N) is 1. The predicted molar refractivity (Wildman–Crippen MR) is 86.4 cm³/mol. The van der Waals surface area contributed by atoms with Crippen molar-refractivity contribution in [2.24, 2.45) is 5.84 Å². The molecule has 3 aromatic carbocycles. The summed E-state index contributed by atoms with van der Waals surface area (Å²) < 4.78 is 5.81. The summed E-state index contributed by atoms with van der Waals surface area (Å²) in [4.78, 5) is 11.5. The van der Waals surface area contributed by atoms with Gasteiger partial charge >= 0.3 is 0 Å². The maximum Gasteiger partial charge on any atom is 0.265 e. The quantitative estimate of drug-likeness (QED) is 0.441. The molecule has 0 saturated carbocycles. The molecule has 22 heavy (non-hydrogen) atoms. The van der Waals surface area contributed by atoms with E-state index in [1.54, 1.807) is 12.1 Å². The minimum Gasteiger partial charge on any atom is -0.489 e. The number of carbonyl (C=O) groups excluding carboxylic acids is 1. The van der Waals surface area contributed by atoms with Crippen molar-refractivity contribution in [3.8, 4) is 5.75 Å². The van der Waals surface area contributed by atoms with Gasteiger partial charge in [-0.05, 0) is 40.6 Å². The summed E-state index contributed by atoms with van der Waals surface area (Å²) >= 11 is 0. The number of rotatable bonds is 4. The van der Waals surface area contributed by atoms with E-state index in [0.29, 0.717) is 12.2 Å². The minimum atomic E-state index is -0.312. The van der Waals surface area contributed by atoms with Crippen molar-refractivity contribution in [1.82, 2.24) is 5.43 Å². The van der Waals surface area contributed by atoms with Crippen LogP contribution in [0.5, 0.6) is 5.75 Å². The number of fused-ring (bicyclic) bond motifs is 1. The average Bonchev–Trinajstić information content (AvgIpc) is 2.59. The Morgan fingerprint density at radius 3 is 2.59 bits per heavy atom. The second-order valence-electron chi connectivity index (χ2n) is 4.97. The topological polar surface area (TPSA) is 64.3 Å². The molecule has 4 nitrogen and oxygen atoms in total. The Bertz CT molecular complexity index is 815. The molecule has 0 saturated heterocycles. The molecule has 0 heterocycles. The first kappa shape index (κ1) is 14.1. The Morgan fingerprint density at radius 2 is 1.77 bits per heavy atom. The van der Waals surface area contributed by atoms with Gasteiger partial charge in [0.1, 0.15) is 12.4 Å². The van der Waals surface area contributed by atoms with Gasteiger partial charge in [0.2, 0.25) is 0 Å². The number of nitrogens with one attached hydrogen (secondary N) is 1. The van der Waals surface area contributed by atoms with Crippen LogP contribution in [0.15, 0.2) is 66.7 Å². The van der Waals surface area contributed by atoms with E-state index < -0.39 is 0 Å². The highest BCUT2D eigenvalue weighted by Gasteiger charge is 2.04. The molecule has 3 aromatic rings. The molecular formula is C18H16N2O2. The number of carbonyl (C=O) groups is 1. The van der Waals surface area contributed by atoms with Crippen molar-refractivity contribution in [3.05, 3.63) is 77.9 Å². The van der Waals surface area contributed by atoms with Crippen LogP contribution in [-0.4, -0.2) is 5.91 Å². The van der Waals surface area contributed by atoms with Crippen LogP contribution in [0.3, 0.4) is 0 Å². The fraction of sp³-hybridized carbons (Fsp3) is 0.0556. The van der Waals surface area contributed by atoms with Gasteiger partial charge in [0.15, 0.2) is 0 Å². The molecule has 0 atom stereocenters. The molecular weight excluding hydrogens is 276 g/mol. The Kier molecular flexibility index (Phi) is 4.03. The number of amides is 1. The van der Waals surface area contributed by atoms with Gasteiger partial charge < -0.3 is 4.74 Å². The third-order valence-corrected chi connectivity index (χ3v) is 3.45. The number of nitrogen functional groups attached to an aromatic ring is 1. The van der Waals surface area contributed by atoms with Gasteiger partial charge in [0.25, 0.3) is 5.91 Å². The van der Waals surface area contributed by atoms with Crippen molar-refractivity contribution in [3.63, 3.8) is 0 Å². The van der Waals surface area contributed by atoms with E-state index >= 15 is 0 Å². The Hall–Kier alpha value is -2.85. The van der Waals surface area contributed by atoms with Gasteiger partial charge in [-0.3, -0.25) is 10.2 Å². The molecule has 0 spiro atoms. The number of hydrazine groups is 1. The standard InChI is InChI=1S/C18H16N2O2/c19-20-18(21)16-7-3-4-13(10-16)12-22-17-9-8-14-5-1-2-6-15(14)11-17/h1-11H,12,19H2,(H,20,21). The molecule has 1 amide bonds. The summed E-state index contributed by atoms with van der Waals surface area (Å²) in [5, 5.41) is 2.31. The number of benzene rings is 3. The van der Waals surface area contributed by atoms with Crippen LogP contribution in [0.1, 0.15) is 15.9 Å². The highest BCUT2D eigenvalue weighted by atomic mass is 16.5. The van der Waals surface area contributed by atoms with Crippen LogP contribution in [0.25, 0.3) is 10.8 Å². The van der Waals surface area contributed by atoms with E-state index in [-0.39, 0.29) is 5.91 Å².